The van der Waals surface area contributed by atoms with E-state index in [9.17, 15) is 28.0 Å². The highest BCUT2D eigenvalue weighted by Crippen LogP contribution is 2.31. The summed E-state index contributed by atoms with van der Waals surface area (Å²) in [5.74, 6) is -3.76. The van der Waals surface area contributed by atoms with E-state index in [2.05, 4.69) is 5.32 Å². The van der Waals surface area contributed by atoms with Crippen LogP contribution in [0, 0.1) is 11.6 Å². The predicted molar refractivity (Wildman–Crippen MR) is 109 cm³/mol. The van der Waals surface area contributed by atoms with Crippen LogP contribution in [0.25, 0.3) is 0 Å². The topological polar surface area (TPSA) is 129 Å². The largest absolute Gasteiger partial charge is 0.481 e. The number of cyclic esters (lactones) is 1. The molecular weight excluding hydrogens is 446 g/mol. The summed E-state index contributed by atoms with van der Waals surface area (Å²) in [6.45, 7) is 1.50. The van der Waals surface area contributed by atoms with E-state index >= 15 is 0 Å². The van der Waals surface area contributed by atoms with E-state index in [4.69, 9.17) is 14.7 Å². The lowest BCUT2D eigenvalue weighted by molar-refractivity contribution is -0.182. The van der Waals surface area contributed by atoms with Crippen molar-refractivity contribution in [2.75, 3.05) is 49.1 Å². The number of hydrogen-bond donors (Lipinski definition) is 2. The number of rotatable bonds is 7. The highest BCUT2D eigenvalue weighted by atomic mass is 19.1. The molecule has 1 aromatic carbocycles. The SMILES string of the molecule is CC(=O)NC[C@H]1CN(c2cc(F)c(N3CCON(C(=O)CCC(=O)O)CC3)c(F)c2)C(=O)O1. The van der Waals surface area contributed by atoms with Gasteiger partial charge in [-0.25, -0.2) is 18.6 Å². The number of halogens is 2. The molecule has 1 atom stereocenters. The second-order valence-electron chi connectivity index (χ2n) is 7.52. The van der Waals surface area contributed by atoms with E-state index in [0.29, 0.717) is 0 Å². The first kappa shape index (κ1) is 24.2. The maximum absolute atomic E-state index is 14.9. The van der Waals surface area contributed by atoms with E-state index in [-0.39, 0.29) is 69.5 Å². The molecule has 1 aromatic rings. The summed E-state index contributed by atoms with van der Waals surface area (Å²) in [7, 11) is 0. The van der Waals surface area contributed by atoms with Gasteiger partial charge in [0.15, 0.2) is 11.6 Å². The molecule has 2 aliphatic rings. The molecule has 13 heteroatoms. The average molecular weight is 470 g/mol. The molecule has 0 saturated carbocycles. The second kappa shape index (κ2) is 10.4. The molecule has 2 aliphatic heterocycles. The van der Waals surface area contributed by atoms with Crippen molar-refractivity contribution in [3.05, 3.63) is 23.8 Å². The van der Waals surface area contributed by atoms with Crippen molar-refractivity contribution < 1.29 is 42.6 Å². The summed E-state index contributed by atoms with van der Waals surface area (Å²) in [6.07, 6.45) is -2.03. The second-order valence-corrected chi connectivity index (χ2v) is 7.52. The van der Waals surface area contributed by atoms with Gasteiger partial charge in [0, 0.05) is 38.6 Å². The summed E-state index contributed by atoms with van der Waals surface area (Å²) in [5, 5.41) is 12.2. The first-order valence-electron chi connectivity index (χ1n) is 10.3. The lowest BCUT2D eigenvalue weighted by atomic mass is 10.2. The van der Waals surface area contributed by atoms with Crippen LogP contribution < -0.4 is 15.1 Å². The van der Waals surface area contributed by atoms with Crippen molar-refractivity contribution >= 4 is 35.3 Å². The predicted octanol–water partition coefficient (Wildman–Crippen LogP) is 0.871. The number of anilines is 2. The first-order valence-corrected chi connectivity index (χ1v) is 10.3. The molecule has 3 amide bonds. The molecular formula is C20H24F2N4O7. The molecule has 33 heavy (non-hydrogen) atoms. The van der Waals surface area contributed by atoms with E-state index in [1.165, 1.54) is 11.8 Å². The number of carbonyl (C=O) groups is 4. The number of nitrogens with zero attached hydrogens (tertiary/aromatic N) is 3. The Morgan fingerprint density at radius 1 is 1.15 bits per heavy atom. The Kier molecular flexibility index (Phi) is 7.63. The molecule has 0 aliphatic carbocycles. The normalized spacial score (nSPS) is 18.7. The van der Waals surface area contributed by atoms with Gasteiger partial charge >= 0.3 is 12.1 Å². The zero-order chi connectivity index (χ0) is 24.1. The van der Waals surface area contributed by atoms with Crippen molar-refractivity contribution in [3.63, 3.8) is 0 Å². The van der Waals surface area contributed by atoms with Crippen LogP contribution in [0.15, 0.2) is 12.1 Å². The molecule has 180 valence electrons. The Balaban J connectivity index is 1.68. The van der Waals surface area contributed by atoms with Gasteiger partial charge < -0.3 is 20.1 Å². The minimum atomic E-state index is -1.12. The van der Waals surface area contributed by atoms with Crippen LogP contribution in [-0.4, -0.2) is 79.5 Å². The number of ether oxygens (including phenoxy) is 1. The zero-order valence-corrected chi connectivity index (χ0v) is 17.9. The van der Waals surface area contributed by atoms with Gasteiger partial charge in [0.2, 0.25) is 11.8 Å². The fourth-order valence-electron chi connectivity index (χ4n) is 3.51. The van der Waals surface area contributed by atoms with E-state index in [1.54, 1.807) is 0 Å². The number of benzene rings is 1. The van der Waals surface area contributed by atoms with Gasteiger partial charge in [-0.2, -0.15) is 0 Å². The van der Waals surface area contributed by atoms with Crippen molar-refractivity contribution in [2.45, 2.75) is 25.9 Å². The molecule has 11 nitrogen and oxygen atoms in total. The van der Waals surface area contributed by atoms with Gasteiger partial charge in [-0.15, -0.1) is 0 Å². The molecule has 3 rings (SSSR count). The minimum Gasteiger partial charge on any atom is -0.481 e. The fourth-order valence-corrected chi connectivity index (χ4v) is 3.51. The fraction of sp³-hybridized carbons (Fsp3) is 0.500. The summed E-state index contributed by atoms with van der Waals surface area (Å²) in [5.41, 5.74) is -0.356. The highest BCUT2D eigenvalue weighted by Gasteiger charge is 2.34. The zero-order valence-electron chi connectivity index (χ0n) is 17.9. The number of nitrogens with one attached hydrogen (secondary N) is 1. The monoisotopic (exact) mass is 470 g/mol. The molecule has 2 heterocycles. The van der Waals surface area contributed by atoms with Gasteiger partial charge in [-0.3, -0.25) is 24.1 Å². The number of hydroxylamine groups is 2. The van der Waals surface area contributed by atoms with Crippen LogP contribution >= 0.6 is 0 Å². The van der Waals surface area contributed by atoms with Crippen molar-refractivity contribution in [1.29, 1.82) is 0 Å². The number of carboxylic acid groups (broad SMARTS) is 1. The summed E-state index contributed by atoms with van der Waals surface area (Å²) >= 11 is 0. The first-order chi connectivity index (χ1) is 15.7. The third-order valence-electron chi connectivity index (χ3n) is 5.09. The molecule has 0 unspecified atom stereocenters. The molecule has 2 saturated heterocycles. The molecule has 0 radical (unpaired) electrons. The Labute approximate surface area is 187 Å². The van der Waals surface area contributed by atoms with Crippen LogP contribution in [0.1, 0.15) is 19.8 Å². The number of carbonyl (C=O) groups excluding carboxylic acids is 3. The van der Waals surface area contributed by atoms with E-state index in [1.807, 2.05) is 0 Å². The van der Waals surface area contributed by atoms with E-state index in [0.717, 1.165) is 22.1 Å². The standard InChI is InChI=1S/C20H24F2N4O7/c1-12(27)23-10-14-11-25(20(31)33-14)13-8-15(21)19(16(22)9-13)24-4-5-26(32-7-6-24)17(28)2-3-18(29)30/h8-9,14H,2-7,10-11H2,1H3,(H,23,27)(H,29,30)/t14-/m0/s1. The highest BCUT2D eigenvalue weighted by molar-refractivity contribution is 5.90. The Morgan fingerprint density at radius 2 is 1.85 bits per heavy atom. The third kappa shape index (κ3) is 6.06. The average Bonchev–Trinajstić information content (AvgIpc) is 2.95. The third-order valence-corrected chi connectivity index (χ3v) is 5.09. The maximum Gasteiger partial charge on any atom is 0.414 e. The quantitative estimate of drug-likeness (QED) is 0.601. The van der Waals surface area contributed by atoms with Gasteiger partial charge in [0.05, 0.1) is 38.3 Å². The Hall–Kier alpha value is -3.48. The van der Waals surface area contributed by atoms with Gasteiger partial charge in [0.25, 0.3) is 0 Å². The number of amides is 3. The molecule has 2 fully saturated rings. The minimum absolute atomic E-state index is 0.0115. The lowest BCUT2D eigenvalue weighted by Crippen LogP contribution is -2.35. The van der Waals surface area contributed by atoms with Gasteiger partial charge in [-0.05, 0) is 0 Å². The lowest BCUT2D eigenvalue weighted by Gasteiger charge is -2.24. The Morgan fingerprint density at radius 3 is 2.48 bits per heavy atom. The van der Waals surface area contributed by atoms with Gasteiger partial charge in [0.1, 0.15) is 11.8 Å². The molecule has 0 bridgehead atoms. The van der Waals surface area contributed by atoms with Crippen LogP contribution in [0.5, 0.6) is 0 Å². The molecule has 0 spiro atoms. The van der Waals surface area contributed by atoms with E-state index < -0.39 is 35.7 Å². The number of aliphatic carboxylic acids is 1. The number of hydrogen-bond acceptors (Lipinski definition) is 7. The van der Waals surface area contributed by atoms with Crippen molar-refractivity contribution in [3.8, 4) is 0 Å². The number of carboxylic acids is 1. The van der Waals surface area contributed by atoms with Crippen LogP contribution in [0.3, 0.4) is 0 Å². The van der Waals surface area contributed by atoms with Crippen LogP contribution in [0.4, 0.5) is 25.0 Å². The van der Waals surface area contributed by atoms with Crippen molar-refractivity contribution in [2.24, 2.45) is 0 Å². The summed E-state index contributed by atoms with van der Waals surface area (Å²) < 4.78 is 35.0. The van der Waals surface area contributed by atoms with Crippen LogP contribution in [0.2, 0.25) is 0 Å². The summed E-state index contributed by atoms with van der Waals surface area (Å²) in [6, 6.07) is 2.03. The Bertz CT molecular complexity index is 922. The van der Waals surface area contributed by atoms with Crippen LogP contribution in [-0.2, 0) is 24.0 Å². The van der Waals surface area contributed by atoms with Gasteiger partial charge in [-0.1, -0.05) is 0 Å². The molecule has 2 N–H and O–H groups in total. The van der Waals surface area contributed by atoms with Crippen molar-refractivity contribution in [1.82, 2.24) is 10.4 Å². The summed E-state index contributed by atoms with van der Waals surface area (Å²) in [4.78, 5) is 53.6. The maximum atomic E-state index is 14.9. The molecule has 0 aromatic heterocycles. The smallest absolute Gasteiger partial charge is 0.414 e.